The lowest BCUT2D eigenvalue weighted by Crippen LogP contribution is -2.22. The molecule has 2 amide bonds. The van der Waals surface area contributed by atoms with Gasteiger partial charge >= 0.3 is 0 Å². The van der Waals surface area contributed by atoms with Crippen LogP contribution in [0.2, 0.25) is 0 Å². The van der Waals surface area contributed by atoms with Crippen LogP contribution in [-0.4, -0.2) is 35.4 Å². The molecule has 0 saturated carbocycles. The molecule has 2 heterocycles. The molecule has 0 saturated heterocycles. The highest BCUT2D eigenvalue weighted by Gasteiger charge is 2.19. The summed E-state index contributed by atoms with van der Waals surface area (Å²) in [6.07, 6.45) is 1.47. The third kappa shape index (κ3) is 3.61. The number of thiophene rings is 1. The van der Waals surface area contributed by atoms with Crippen molar-refractivity contribution in [1.29, 1.82) is 0 Å². The van der Waals surface area contributed by atoms with Crippen molar-refractivity contribution in [2.24, 2.45) is 0 Å². The van der Waals surface area contributed by atoms with Gasteiger partial charge in [-0.3, -0.25) is 9.59 Å². The number of carbonyl (C=O) groups excluding carboxylic acids is 2. The molecule has 3 N–H and O–H groups in total. The lowest BCUT2D eigenvalue weighted by Gasteiger charge is -2.12. The number of aromatic nitrogens is 2. The Bertz CT molecular complexity index is 1030. The van der Waals surface area contributed by atoms with Crippen molar-refractivity contribution in [3.63, 3.8) is 0 Å². The van der Waals surface area contributed by atoms with E-state index in [0.717, 1.165) is 27.0 Å². The topological polar surface area (TPSA) is 96.0 Å². The Kier molecular flexibility index (Phi) is 5.36. The molecule has 0 spiro atoms. The number of hydrogen-bond donors (Lipinski definition) is 3. The van der Waals surface area contributed by atoms with Crippen LogP contribution in [0.4, 0.5) is 11.5 Å². The van der Waals surface area contributed by atoms with Crippen LogP contribution in [0.1, 0.15) is 38.1 Å². The highest BCUT2D eigenvalue weighted by atomic mass is 32.1. The number of amides is 2. The van der Waals surface area contributed by atoms with E-state index in [2.05, 4.69) is 25.9 Å². The fraction of sp³-hybridized carbons (Fsp3) is 0.263. The second kappa shape index (κ2) is 7.71. The summed E-state index contributed by atoms with van der Waals surface area (Å²) in [5.74, 6) is 0.347. The summed E-state index contributed by atoms with van der Waals surface area (Å²) in [4.78, 5) is 34.3. The first-order chi connectivity index (χ1) is 13.0. The number of benzene rings is 1. The van der Waals surface area contributed by atoms with Crippen molar-refractivity contribution >= 4 is 44.9 Å². The SMILES string of the molecule is CCNC(=O)c1sc2ncnc(Nc3cc(C(=O)NC)ccc3C)c2c1C. The summed E-state index contributed by atoms with van der Waals surface area (Å²) in [5, 5.41) is 9.57. The molecule has 0 radical (unpaired) electrons. The Morgan fingerprint density at radius 2 is 1.93 bits per heavy atom. The number of anilines is 2. The molecule has 0 fully saturated rings. The molecule has 0 aliphatic heterocycles. The molecule has 140 valence electrons. The molecule has 0 aliphatic rings. The number of aryl methyl sites for hydroxylation is 2. The zero-order valence-corrected chi connectivity index (χ0v) is 16.5. The van der Waals surface area contributed by atoms with E-state index in [-0.39, 0.29) is 11.8 Å². The molecule has 1 aromatic carbocycles. The van der Waals surface area contributed by atoms with E-state index in [1.807, 2.05) is 26.8 Å². The van der Waals surface area contributed by atoms with Gasteiger partial charge in [-0.1, -0.05) is 6.07 Å². The largest absolute Gasteiger partial charge is 0.355 e. The van der Waals surface area contributed by atoms with Crippen LogP contribution < -0.4 is 16.0 Å². The van der Waals surface area contributed by atoms with Gasteiger partial charge in [-0.05, 0) is 44.0 Å². The van der Waals surface area contributed by atoms with Crippen molar-refractivity contribution < 1.29 is 9.59 Å². The molecule has 0 unspecified atom stereocenters. The standard InChI is InChI=1S/C19H21N5O2S/c1-5-21-18(26)15-11(3)14-16(22-9-23-19(14)27-15)24-13-8-12(17(25)20-4)7-6-10(13)2/h6-9H,5H2,1-4H3,(H,20,25)(H,21,26)(H,22,23,24). The second-order valence-electron chi connectivity index (χ2n) is 6.05. The Morgan fingerprint density at radius 1 is 1.15 bits per heavy atom. The molecule has 27 heavy (non-hydrogen) atoms. The van der Waals surface area contributed by atoms with Gasteiger partial charge in [0.2, 0.25) is 0 Å². The Labute approximate surface area is 161 Å². The van der Waals surface area contributed by atoms with Gasteiger partial charge in [0, 0.05) is 24.8 Å². The van der Waals surface area contributed by atoms with Gasteiger partial charge in [-0.25, -0.2) is 9.97 Å². The maximum Gasteiger partial charge on any atom is 0.261 e. The summed E-state index contributed by atoms with van der Waals surface area (Å²) in [7, 11) is 1.60. The fourth-order valence-electron chi connectivity index (χ4n) is 2.79. The number of rotatable bonds is 5. The van der Waals surface area contributed by atoms with E-state index in [1.54, 1.807) is 19.2 Å². The van der Waals surface area contributed by atoms with Crippen molar-refractivity contribution in [3.8, 4) is 0 Å². The molecular formula is C19H21N5O2S. The molecular weight excluding hydrogens is 362 g/mol. The zero-order valence-electron chi connectivity index (χ0n) is 15.6. The zero-order chi connectivity index (χ0) is 19.6. The van der Waals surface area contributed by atoms with Crippen molar-refractivity contribution in [3.05, 3.63) is 46.1 Å². The second-order valence-corrected chi connectivity index (χ2v) is 7.05. The summed E-state index contributed by atoms with van der Waals surface area (Å²) >= 11 is 1.35. The van der Waals surface area contributed by atoms with Crippen LogP contribution in [0.15, 0.2) is 24.5 Å². The van der Waals surface area contributed by atoms with Crippen LogP contribution in [0.25, 0.3) is 10.2 Å². The molecule has 0 atom stereocenters. The van der Waals surface area contributed by atoms with Crippen LogP contribution >= 0.6 is 11.3 Å². The third-order valence-corrected chi connectivity index (χ3v) is 5.45. The van der Waals surface area contributed by atoms with Crippen LogP contribution in [0, 0.1) is 13.8 Å². The maximum atomic E-state index is 12.3. The Balaban J connectivity index is 2.06. The van der Waals surface area contributed by atoms with E-state index >= 15 is 0 Å². The first-order valence-corrected chi connectivity index (χ1v) is 9.40. The van der Waals surface area contributed by atoms with Gasteiger partial charge in [0.1, 0.15) is 17.0 Å². The van der Waals surface area contributed by atoms with Gasteiger partial charge in [0.15, 0.2) is 0 Å². The van der Waals surface area contributed by atoms with E-state index in [0.29, 0.717) is 22.8 Å². The lowest BCUT2D eigenvalue weighted by atomic mass is 10.1. The smallest absolute Gasteiger partial charge is 0.261 e. The third-order valence-electron chi connectivity index (χ3n) is 4.25. The predicted molar refractivity (Wildman–Crippen MR) is 108 cm³/mol. The van der Waals surface area contributed by atoms with Crippen molar-refractivity contribution in [1.82, 2.24) is 20.6 Å². The van der Waals surface area contributed by atoms with E-state index < -0.39 is 0 Å². The first-order valence-electron chi connectivity index (χ1n) is 8.58. The normalized spacial score (nSPS) is 10.7. The molecule has 2 aromatic heterocycles. The first kappa shape index (κ1) is 18.8. The minimum atomic E-state index is -0.156. The minimum Gasteiger partial charge on any atom is -0.355 e. The highest BCUT2D eigenvalue weighted by molar-refractivity contribution is 7.20. The fourth-order valence-corrected chi connectivity index (χ4v) is 3.86. The highest BCUT2D eigenvalue weighted by Crippen LogP contribution is 2.35. The summed E-state index contributed by atoms with van der Waals surface area (Å²) in [5.41, 5.74) is 3.15. The van der Waals surface area contributed by atoms with Crippen LogP contribution in [0.3, 0.4) is 0 Å². The monoisotopic (exact) mass is 383 g/mol. The quantitative estimate of drug-likeness (QED) is 0.629. The van der Waals surface area contributed by atoms with E-state index in [1.165, 1.54) is 17.7 Å². The number of hydrogen-bond acceptors (Lipinski definition) is 6. The molecule has 3 aromatic rings. The van der Waals surface area contributed by atoms with Gasteiger partial charge < -0.3 is 16.0 Å². The number of nitrogens with one attached hydrogen (secondary N) is 3. The van der Waals surface area contributed by atoms with Gasteiger partial charge in [0.05, 0.1) is 10.3 Å². The van der Waals surface area contributed by atoms with E-state index in [4.69, 9.17) is 0 Å². The molecule has 0 aliphatic carbocycles. The molecule has 0 bridgehead atoms. The van der Waals surface area contributed by atoms with Crippen LogP contribution in [0.5, 0.6) is 0 Å². The predicted octanol–water partition coefficient (Wildman–Crippen LogP) is 3.16. The average molecular weight is 383 g/mol. The molecule has 7 nitrogen and oxygen atoms in total. The minimum absolute atomic E-state index is 0.109. The number of carbonyl (C=O) groups is 2. The summed E-state index contributed by atoms with van der Waals surface area (Å²) < 4.78 is 0. The lowest BCUT2D eigenvalue weighted by molar-refractivity contribution is 0.0953. The van der Waals surface area contributed by atoms with Gasteiger partial charge in [0.25, 0.3) is 11.8 Å². The molecule has 3 rings (SSSR count). The Morgan fingerprint density at radius 3 is 2.63 bits per heavy atom. The summed E-state index contributed by atoms with van der Waals surface area (Å²) in [6.45, 7) is 6.30. The van der Waals surface area contributed by atoms with Gasteiger partial charge in [-0.15, -0.1) is 11.3 Å². The summed E-state index contributed by atoms with van der Waals surface area (Å²) in [6, 6.07) is 5.44. The van der Waals surface area contributed by atoms with Crippen LogP contribution in [-0.2, 0) is 0 Å². The van der Waals surface area contributed by atoms with Gasteiger partial charge in [-0.2, -0.15) is 0 Å². The molecule has 8 heteroatoms. The maximum absolute atomic E-state index is 12.3. The van der Waals surface area contributed by atoms with E-state index in [9.17, 15) is 9.59 Å². The Hall–Kier alpha value is -3.00. The number of nitrogens with zero attached hydrogens (tertiary/aromatic N) is 2. The number of fused-ring (bicyclic) bond motifs is 1. The van der Waals surface area contributed by atoms with Crippen molar-refractivity contribution in [2.75, 3.05) is 18.9 Å². The van der Waals surface area contributed by atoms with Crippen molar-refractivity contribution in [2.45, 2.75) is 20.8 Å². The average Bonchev–Trinajstić information content (AvgIpc) is 3.01.